The van der Waals surface area contributed by atoms with E-state index in [1.165, 1.54) is 12.8 Å². The molecule has 1 aliphatic rings. The van der Waals surface area contributed by atoms with Gasteiger partial charge in [0.15, 0.2) is 0 Å². The summed E-state index contributed by atoms with van der Waals surface area (Å²) in [7, 11) is 0. The maximum atomic E-state index is 14.4. The summed E-state index contributed by atoms with van der Waals surface area (Å²) in [6.07, 6.45) is 17.0. The Hall–Kier alpha value is -3.01. The largest absolute Gasteiger partial charge is 0.444 e. The smallest absolute Gasteiger partial charge is 0.408 e. The van der Waals surface area contributed by atoms with Crippen LogP contribution in [-0.4, -0.2) is 47.0 Å². The summed E-state index contributed by atoms with van der Waals surface area (Å²) in [6, 6.07) is 5.76. The second-order valence-corrected chi connectivity index (χ2v) is 13.1. The first-order valence-corrected chi connectivity index (χ1v) is 16.1. The number of nitrogens with zero attached hydrogens (tertiary/aromatic N) is 1. The van der Waals surface area contributed by atoms with Crippen LogP contribution in [0.1, 0.15) is 136 Å². The number of benzene rings is 1. The lowest BCUT2D eigenvalue weighted by Gasteiger charge is -2.36. The molecule has 2 atom stereocenters. The number of terminal acetylenes is 1. The average Bonchev–Trinajstić information content (AvgIpc) is 2.93. The fourth-order valence-electron chi connectivity index (χ4n) is 5.53. The van der Waals surface area contributed by atoms with Gasteiger partial charge in [0.1, 0.15) is 17.7 Å². The molecular weight excluding hydrogens is 526 g/mol. The van der Waals surface area contributed by atoms with Crippen LogP contribution in [0.2, 0.25) is 0 Å². The Morgan fingerprint density at radius 1 is 1.00 bits per heavy atom. The fourth-order valence-corrected chi connectivity index (χ4v) is 5.53. The third-order valence-electron chi connectivity index (χ3n) is 7.64. The molecule has 0 spiro atoms. The Balaban J connectivity index is 2.46. The molecule has 7 nitrogen and oxygen atoms in total. The molecule has 7 heteroatoms. The Morgan fingerprint density at radius 2 is 1.62 bits per heavy atom. The molecule has 2 unspecified atom stereocenters. The highest BCUT2D eigenvalue weighted by molar-refractivity contribution is 5.92. The Bertz CT molecular complexity index is 1020. The first-order valence-electron chi connectivity index (χ1n) is 16.1. The van der Waals surface area contributed by atoms with Crippen molar-refractivity contribution in [2.24, 2.45) is 5.92 Å². The van der Waals surface area contributed by atoms with E-state index in [1.54, 1.807) is 25.7 Å². The Kier molecular flexibility index (Phi) is 14.9. The number of carbonyl (C=O) groups excluding carboxylic acids is 3. The molecular formula is C35H55N3O4. The maximum Gasteiger partial charge on any atom is 0.408 e. The topological polar surface area (TPSA) is 87.7 Å². The van der Waals surface area contributed by atoms with E-state index in [2.05, 4.69) is 23.5 Å². The van der Waals surface area contributed by atoms with Crippen molar-refractivity contribution in [3.05, 3.63) is 35.4 Å². The highest BCUT2D eigenvalue weighted by atomic mass is 16.6. The third kappa shape index (κ3) is 12.5. The predicted molar refractivity (Wildman–Crippen MR) is 170 cm³/mol. The zero-order valence-electron chi connectivity index (χ0n) is 27.0. The van der Waals surface area contributed by atoms with Gasteiger partial charge in [0.05, 0.1) is 0 Å². The SMILES string of the molecule is C#Cc1ccc(C(C(=O)NC2CCCCC2)N(CCCCCCCC)C(=O)C(CC(C)C)NC(=O)OC(C)(C)C)cc1. The van der Waals surface area contributed by atoms with Crippen molar-refractivity contribution in [3.63, 3.8) is 0 Å². The van der Waals surface area contributed by atoms with Gasteiger partial charge in [-0.2, -0.15) is 0 Å². The summed E-state index contributed by atoms with van der Waals surface area (Å²) in [5.41, 5.74) is 0.722. The number of rotatable bonds is 15. The van der Waals surface area contributed by atoms with Crippen molar-refractivity contribution in [2.75, 3.05) is 6.54 Å². The van der Waals surface area contributed by atoms with Crippen LogP contribution in [0.25, 0.3) is 0 Å². The van der Waals surface area contributed by atoms with Crippen LogP contribution in [0, 0.1) is 18.3 Å². The molecule has 0 radical (unpaired) electrons. The number of unbranched alkanes of at least 4 members (excludes halogenated alkanes) is 5. The number of hydrogen-bond acceptors (Lipinski definition) is 4. The minimum Gasteiger partial charge on any atom is -0.444 e. The molecule has 0 aliphatic heterocycles. The molecule has 1 aromatic rings. The number of carbonyl (C=O) groups is 3. The van der Waals surface area contributed by atoms with Crippen LogP contribution >= 0.6 is 0 Å². The molecule has 1 aliphatic carbocycles. The standard InChI is InChI=1S/C35H55N3O4/c1-8-10-11-12-13-17-24-38(33(40)30(25-26(3)4)37-34(41)42-35(5,6)7)31(28-22-20-27(9-2)21-23-28)32(39)36-29-18-15-14-16-19-29/h2,20-23,26,29-31H,8,10-19,24-25H2,1,3-7H3,(H,36,39)(H,37,41). The molecule has 0 saturated heterocycles. The van der Waals surface area contributed by atoms with Gasteiger partial charge in [-0.05, 0) is 70.1 Å². The van der Waals surface area contributed by atoms with E-state index in [1.807, 2.05) is 38.1 Å². The van der Waals surface area contributed by atoms with Crippen molar-refractivity contribution in [1.29, 1.82) is 0 Å². The molecule has 0 aromatic heterocycles. The van der Waals surface area contributed by atoms with Gasteiger partial charge in [0.25, 0.3) is 0 Å². The van der Waals surface area contributed by atoms with Gasteiger partial charge in [0.2, 0.25) is 11.8 Å². The van der Waals surface area contributed by atoms with E-state index in [-0.39, 0.29) is 23.8 Å². The highest BCUT2D eigenvalue weighted by Gasteiger charge is 2.37. The summed E-state index contributed by atoms with van der Waals surface area (Å²) in [6.45, 7) is 12.0. The lowest BCUT2D eigenvalue weighted by atomic mass is 9.94. The summed E-state index contributed by atoms with van der Waals surface area (Å²) in [5, 5.41) is 6.10. The van der Waals surface area contributed by atoms with Gasteiger partial charge in [-0.3, -0.25) is 9.59 Å². The van der Waals surface area contributed by atoms with Crippen molar-refractivity contribution in [3.8, 4) is 12.3 Å². The first kappa shape index (κ1) is 35.2. The zero-order chi connectivity index (χ0) is 31.1. The summed E-state index contributed by atoms with van der Waals surface area (Å²) >= 11 is 0. The van der Waals surface area contributed by atoms with Crippen LogP contribution in [0.15, 0.2) is 24.3 Å². The van der Waals surface area contributed by atoms with Crippen LogP contribution in [0.4, 0.5) is 4.79 Å². The number of amides is 3. The quantitative estimate of drug-likeness (QED) is 0.168. The van der Waals surface area contributed by atoms with Crippen molar-refractivity contribution in [2.45, 2.75) is 142 Å². The monoisotopic (exact) mass is 581 g/mol. The van der Waals surface area contributed by atoms with Crippen molar-refractivity contribution < 1.29 is 19.1 Å². The summed E-state index contributed by atoms with van der Waals surface area (Å²) in [5.74, 6) is 2.31. The molecule has 1 fully saturated rings. The predicted octanol–water partition coefficient (Wildman–Crippen LogP) is 7.29. The van der Waals surface area contributed by atoms with E-state index in [9.17, 15) is 14.4 Å². The minimum absolute atomic E-state index is 0.0936. The molecule has 0 bridgehead atoms. The highest BCUT2D eigenvalue weighted by Crippen LogP contribution is 2.27. The molecule has 42 heavy (non-hydrogen) atoms. The molecule has 2 rings (SSSR count). The van der Waals surface area contributed by atoms with Crippen molar-refractivity contribution >= 4 is 17.9 Å². The summed E-state index contributed by atoms with van der Waals surface area (Å²) < 4.78 is 5.52. The maximum absolute atomic E-state index is 14.4. The van der Waals surface area contributed by atoms with E-state index < -0.39 is 23.8 Å². The number of alkyl carbamates (subject to hydrolysis) is 1. The molecule has 2 N–H and O–H groups in total. The van der Waals surface area contributed by atoms with Crippen LogP contribution in [0.3, 0.4) is 0 Å². The molecule has 1 saturated carbocycles. The normalized spacial score (nSPS) is 15.4. The van der Waals surface area contributed by atoms with Crippen molar-refractivity contribution in [1.82, 2.24) is 15.5 Å². The van der Waals surface area contributed by atoms with Gasteiger partial charge in [-0.25, -0.2) is 4.79 Å². The lowest BCUT2D eigenvalue weighted by Crippen LogP contribution is -2.54. The second-order valence-electron chi connectivity index (χ2n) is 13.1. The summed E-state index contributed by atoms with van der Waals surface area (Å²) in [4.78, 5) is 43.0. The van der Waals surface area contributed by atoms with E-state index in [0.29, 0.717) is 24.1 Å². The van der Waals surface area contributed by atoms with Gasteiger partial charge in [0, 0.05) is 18.2 Å². The lowest BCUT2D eigenvalue weighted by molar-refractivity contribution is -0.143. The van der Waals surface area contributed by atoms with Crippen LogP contribution in [0.5, 0.6) is 0 Å². The van der Waals surface area contributed by atoms with Gasteiger partial charge in [-0.15, -0.1) is 6.42 Å². The number of hydrogen-bond donors (Lipinski definition) is 2. The van der Waals surface area contributed by atoms with Gasteiger partial charge >= 0.3 is 6.09 Å². The molecule has 1 aromatic carbocycles. The zero-order valence-corrected chi connectivity index (χ0v) is 27.0. The van der Waals surface area contributed by atoms with E-state index in [4.69, 9.17) is 11.2 Å². The second kappa shape index (κ2) is 17.8. The fraction of sp³-hybridized carbons (Fsp3) is 0.686. The van der Waals surface area contributed by atoms with Crippen LogP contribution in [-0.2, 0) is 14.3 Å². The molecule has 234 valence electrons. The molecule has 3 amide bonds. The molecule has 0 heterocycles. The number of ether oxygens (including phenoxy) is 1. The Labute approximate surface area is 254 Å². The van der Waals surface area contributed by atoms with Crippen LogP contribution < -0.4 is 10.6 Å². The van der Waals surface area contributed by atoms with E-state index in [0.717, 1.165) is 57.8 Å². The van der Waals surface area contributed by atoms with Gasteiger partial charge < -0.3 is 20.3 Å². The van der Waals surface area contributed by atoms with E-state index >= 15 is 0 Å². The minimum atomic E-state index is -0.836. The third-order valence-corrected chi connectivity index (χ3v) is 7.64. The van der Waals surface area contributed by atoms with Gasteiger partial charge in [-0.1, -0.05) is 90.2 Å². The first-order chi connectivity index (χ1) is 19.9. The number of nitrogens with one attached hydrogen (secondary N) is 2. The average molecular weight is 582 g/mol. The Morgan fingerprint density at radius 3 is 2.19 bits per heavy atom.